The molecule has 2 nitrogen and oxygen atoms in total. The molecule has 0 amide bonds. The van der Waals surface area contributed by atoms with Gasteiger partial charge in [-0.05, 0) is 18.6 Å². The van der Waals surface area contributed by atoms with E-state index < -0.39 is 0 Å². The predicted molar refractivity (Wildman–Crippen MR) is 65.6 cm³/mol. The maximum Gasteiger partial charge on any atom is 0.126 e. The van der Waals surface area contributed by atoms with Gasteiger partial charge in [0.25, 0.3) is 0 Å². The van der Waals surface area contributed by atoms with Crippen LogP contribution in [0.15, 0.2) is 18.2 Å². The van der Waals surface area contributed by atoms with E-state index in [9.17, 15) is 4.39 Å². The van der Waals surface area contributed by atoms with Crippen LogP contribution >= 0.6 is 11.6 Å². The van der Waals surface area contributed by atoms with Gasteiger partial charge in [-0.3, -0.25) is 4.98 Å². The Hall–Kier alpha value is -1.35. The molecule has 0 spiro atoms. The monoisotopic (exact) mass is 238 g/mol. The minimum atomic E-state index is -0.361. The summed E-state index contributed by atoms with van der Waals surface area (Å²) in [6.07, 6.45) is 0.804. The predicted octanol–water partition coefficient (Wildman–Crippen LogP) is 3.63. The summed E-state index contributed by atoms with van der Waals surface area (Å²) >= 11 is 6.02. The largest absolute Gasteiger partial charge is 0.387 e. The minimum absolute atomic E-state index is 0.361. The molecule has 84 valence electrons. The first-order chi connectivity index (χ1) is 7.65. The fraction of sp³-hybridized carbons (Fsp3) is 0.250. The Labute approximate surface area is 98.4 Å². The first-order valence-electron chi connectivity index (χ1n) is 5.12. The third kappa shape index (κ3) is 1.83. The standard InChI is InChI=1S/C12H12ClFN2/c1-3-8-6-10(15-2)12-9(13)4-7(14)5-11(12)16-8/h4-6H,3H2,1-2H3,(H,15,16). The molecule has 2 aromatic rings. The lowest BCUT2D eigenvalue weighted by molar-refractivity contribution is 0.629. The van der Waals surface area contributed by atoms with Crippen molar-refractivity contribution < 1.29 is 4.39 Å². The topological polar surface area (TPSA) is 24.9 Å². The number of rotatable bonds is 2. The highest BCUT2D eigenvalue weighted by Gasteiger charge is 2.09. The summed E-state index contributed by atoms with van der Waals surface area (Å²) in [5.74, 6) is -0.361. The van der Waals surface area contributed by atoms with Crippen molar-refractivity contribution in [2.45, 2.75) is 13.3 Å². The van der Waals surface area contributed by atoms with E-state index in [1.165, 1.54) is 12.1 Å². The van der Waals surface area contributed by atoms with Crippen molar-refractivity contribution in [3.63, 3.8) is 0 Å². The van der Waals surface area contributed by atoms with Gasteiger partial charge >= 0.3 is 0 Å². The lowest BCUT2D eigenvalue weighted by Crippen LogP contribution is -1.96. The highest BCUT2D eigenvalue weighted by atomic mass is 35.5. The minimum Gasteiger partial charge on any atom is -0.387 e. The van der Waals surface area contributed by atoms with Crippen LogP contribution in [0.3, 0.4) is 0 Å². The van der Waals surface area contributed by atoms with E-state index in [1.807, 2.05) is 20.0 Å². The Morgan fingerprint density at radius 1 is 1.38 bits per heavy atom. The number of halogens is 2. The van der Waals surface area contributed by atoms with E-state index in [0.717, 1.165) is 23.2 Å². The number of hydrogen-bond donors (Lipinski definition) is 1. The summed E-state index contributed by atoms with van der Waals surface area (Å²) in [4.78, 5) is 4.36. The van der Waals surface area contributed by atoms with Crippen LogP contribution < -0.4 is 5.32 Å². The maximum atomic E-state index is 13.2. The highest BCUT2D eigenvalue weighted by molar-refractivity contribution is 6.36. The normalized spacial score (nSPS) is 10.8. The second-order valence-electron chi connectivity index (χ2n) is 3.55. The quantitative estimate of drug-likeness (QED) is 0.864. The van der Waals surface area contributed by atoms with Crippen molar-refractivity contribution in [1.29, 1.82) is 0 Å². The fourth-order valence-electron chi connectivity index (χ4n) is 1.72. The van der Waals surface area contributed by atoms with Crippen LogP contribution in [0.5, 0.6) is 0 Å². The van der Waals surface area contributed by atoms with Gasteiger partial charge in [-0.1, -0.05) is 18.5 Å². The van der Waals surface area contributed by atoms with Gasteiger partial charge in [-0.15, -0.1) is 0 Å². The van der Waals surface area contributed by atoms with Crippen LogP contribution in [0.2, 0.25) is 5.02 Å². The number of aryl methyl sites for hydroxylation is 1. The lowest BCUT2D eigenvalue weighted by atomic mass is 10.1. The molecule has 1 aromatic carbocycles. The third-order valence-corrected chi connectivity index (χ3v) is 2.81. The second kappa shape index (κ2) is 4.26. The third-order valence-electron chi connectivity index (χ3n) is 2.51. The van der Waals surface area contributed by atoms with Crippen molar-refractivity contribution >= 4 is 28.2 Å². The van der Waals surface area contributed by atoms with Gasteiger partial charge in [0.2, 0.25) is 0 Å². The van der Waals surface area contributed by atoms with Gasteiger partial charge in [0.1, 0.15) is 5.82 Å². The molecule has 0 aliphatic rings. The number of aromatic nitrogens is 1. The average molecular weight is 239 g/mol. The first-order valence-corrected chi connectivity index (χ1v) is 5.50. The van der Waals surface area contributed by atoms with Gasteiger partial charge in [0.15, 0.2) is 0 Å². The summed E-state index contributed by atoms with van der Waals surface area (Å²) in [6.45, 7) is 2.01. The zero-order chi connectivity index (χ0) is 11.7. The van der Waals surface area contributed by atoms with Crippen molar-refractivity contribution in [2.75, 3.05) is 12.4 Å². The van der Waals surface area contributed by atoms with E-state index in [0.29, 0.717) is 10.5 Å². The molecular weight excluding hydrogens is 227 g/mol. The van der Waals surface area contributed by atoms with Gasteiger partial charge in [-0.25, -0.2) is 4.39 Å². The second-order valence-corrected chi connectivity index (χ2v) is 3.95. The van der Waals surface area contributed by atoms with Crippen molar-refractivity contribution in [2.24, 2.45) is 0 Å². The van der Waals surface area contributed by atoms with Crippen molar-refractivity contribution in [1.82, 2.24) is 4.98 Å². The number of anilines is 1. The average Bonchev–Trinajstić information content (AvgIpc) is 2.26. The molecule has 0 saturated carbocycles. The molecule has 16 heavy (non-hydrogen) atoms. The summed E-state index contributed by atoms with van der Waals surface area (Å²) in [7, 11) is 1.81. The summed E-state index contributed by atoms with van der Waals surface area (Å²) in [5, 5.41) is 4.21. The molecule has 0 atom stereocenters. The zero-order valence-electron chi connectivity index (χ0n) is 9.14. The van der Waals surface area contributed by atoms with Gasteiger partial charge < -0.3 is 5.32 Å². The smallest absolute Gasteiger partial charge is 0.126 e. The maximum absolute atomic E-state index is 13.2. The first kappa shape index (κ1) is 11.1. The van der Waals surface area contributed by atoms with Crippen LogP contribution in [-0.2, 0) is 6.42 Å². The number of hydrogen-bond acceptors (Lipinski definition) is 2. The van der Waals surface area contributed by atoms with E-state index in [4.69, 9.17) is 11.6 Å². The van der Waals surface area contributed by atoms with Gasteiger partial charge in [-0.2, -0.15) is 0 Å². The summed E-state index contributed by atoms with van der Waals surface area (Å²) in [6, 6.07) is 4.64. The lowest BCUT2D eigenvalue weighted by Gasteiger charge is -2.09. The molecule has 0 saturated heterocycles. The molecule has 0 radical (unpaired) electrons. The molecule has 2 rings (SSSR count). The highest BCUT2D eigenvalue weighted by Crippen LogP contribution is 2.31. The van der Waals surface area contributed by atoms with Crippen molar-refractivity contribution in [3.05, 3.63) is 34.7 Å². The molecule has 0 aliphatic heterocycles. The molecular formula is C12H12ClFN2. The Morgan fingerprint density at radius 2 is 2.12 bits per heavy atom. The molecule has 1 aromatic heterocycles. The Kier molecular flexibility index (Phi) is 2.97. The zero-order valence-corrected chi connectivity index (χ0v) is 9.90. The number of nitrogens with one attached hydrogen (secondary N) is 1. The van der Waals surface area contributed by atoms with Gasteiger partial charge in [0.05, 0.1) is 10.5 Å². The Balaban J connectivity index is 2.83. The number of fused-ring (bicyclic) bond motifs is 1. The number of nitrogens with zero attached hydrogens (tertiary/aromatic N) is 1. The SMILES string of the molecule is CCc1cc(NC)c2c(Cl)cc(F)cc2n1. The van der Waals surface area contributed by atoms with E-state index >= 15 is 0 Å². The molecule has 4 heteroatoms. The van der Waals surface area contributed by atoms with E-state index in [2.05, 4.69) is 10.3 Å². The number of benzene rings is 1. The molecule has 0 unspecified atom stereocenters. The Morgan fingerprint density at radius 3 is 2.75 bits per heavy atom. The van der Waals surface area contributed by atoms with Gasteiger partial charge in [0, 0.05) is 29.9 Å². The summed E-state index contributed by atoms with van der Waals surface area (Å²) in [5.41, 5.74) is 2.39. The molecule has 0 bridgehead atoms. The van der Waals surface area contributed by atoms with E-state index in [-0.39, 0.29) is 5.82 Å². The van der Waals surface area contributed by atoms with Crippen LogP contribution in [0.25, 0.3) is 10.9 Å². The summed E-state index contributed by atoms with van der Waals surface area (Å²) < 4.78 is 13.2. The molecule has 0 aliphatic carbocycles. The number of pyridine rings is 1. The molecule has 1 heterocycles. The van der Waals surface area contributed by atoms with Crippen LogP contribution in [0.1, 0.15) is 12.6 Å². The van der Waals surface area contributed by atoms with E-state index in [1.54, 1.807) is 0 Å². The van der Waals surface area contributed by atoms with Crippen LogP contribution in [-0.4, -0.2) is 12.0 Å². The Bertz CT molecular complexity index is 540. The molecule has 0 fully saturated rings. The molecule has 1 N–H and O–H groups in total. The van der Waals surface area contributed by atoms with Crippen molar-refractivity contribution in [3.8, 4) is 0 Å². The van der Waals surface area contributed by atoms with Crippen LogP contribution in [0.4, 0.5) is 10.1 Å². The van der Waals surface area contributed by atoms with Crippen LogP contribution in [0, 0.1) is 5.82 Å². The fourth-order valence-corrected chi connectivity index (χ4v) is 2.02.